The molecule has 1 N–H and O–H groups in total. The molecule has 1 aromatic heterocycles. The predicted molar refractivity (Wildman–Crippen MR) is 149 cm³/mol. The number of aryl methyl sites for hydroxylation is 1. The highest BCUT2D eigenvalue weighted by molar-refractivity contribution is 6.30. The highest BCUT2D eigenvalue weighted by Gasteiger charge is 2.37. The van der Waals surface area contributed by atoms with E-state index in [9.17, 15) is 4.79 Å². The van der Waals surface area contributed by atoms with Gasteiger partial charge in [0.25, 0.3) is 5.91 Å². The molecule has 1 saturated carbocycles. The topological polar surface area (TPSA) is 61.5 Å². The molecule has 4 aromatic rings. The molecular formula is C30H33ClN4O2. The van der Waals surface area contributed by atoms with Gasteiger partial charge >= 0.3 is 0 Å². The highest BCUT2D eigenvalue weighted by Crippen LogP contribution is 2.35. The lowest BCUT2D eigenvalue weighted by Crippen LogP contribution is -2.53. The average Bonchev–Trinajstić information content (AvgIpc) is 3.35. The van der Waals surface area contributed by atoms with Gasteiger partial charge in [-0.2, -0.15) is 5.10 Å². The van der Waals surface area contributed by atoms with E-state index in [0.29, 0.717) is 35.5 Å². The molecule has 0 radical (unpaired) electrons. The number of rotatable bonds is 8. The molecule has 0 bridgehead atoms. The Bertz CT molecular complexity index is 1420. The van der Waals surface area contributed by atoms with Crippen molar-refractivity contribution in [3.8, 4) is 16.9 Å². The number of ether oxygens (including phenoxy) is 1. The summed E-state index contributed by atoms with van der Waals surface area (Å²) in [5, 5.41) is 9.16. The Balaban J connectivity index is 1.50. The van der Waals surface area contributed by atoms with Gasteiger partial charge in [-0.05, 0) is 87.8 Å². The second-order valence-corrected chi connectivity index (χ2v) is 10.5. The minimum atomic E-state index is 0.00837. The van der Waals surface area contributed by atoms with Crippen molar-refractivity contribution in [2.45, 2.75) is 45.3 Å². The fourth-order valence-corrected chi connectivity index (χ4v) is 5.33. The van der Waals surface area contributed by atoms with Crippen LogP contribution in [0, 0.1) is 6.92 Å². The largest absolute Gasteiger partial charge is 0.493 e. The summed E-state index contributed by atoms with van der Waals surface area (Å²) in [7, 11) is 4.20. The first-order chi connectivity index (χ1) is 17.9. The van der Waals surface area contributed by atoms with Crippen molar-refractivity contribution in [1.29, 1.82) is 0 Å². The van der Waals surface area contributed by atoms with Crippen molar-refractivity contribution < 1.29 is 9.53 Å². The Labute approximate surface area is 223 Å². The summed E-state index contributed by atoms with van der Waals surface area (Å²) >= 11 is 6.25. The van der Waals surface area contributed by atoms with Gasteiger partial charge in [0.05, 0.1) is 18.3 Å². The monoisotopic (exact) mass is 516 g/mol. The molecule has 1 fully saturated rings. The number of halogens is 1. The molecule has 6 nitrogen and oxygen atoms in total. The molecule has 0 spiro atoms. The van der Waals surface area contributed by atoms with Gasteiger partial charge in [-0.3, -0.25) is 9.89 Å². The molecule has 5 rings (SSSR count). The first-order valence-corrected chi connectivity index (χ1v) is 13.1. The number of hydrogen-bond acceptors (Lipinski definition) is 4. The predicted octanol–water partition coefficient (Wildman–Crippen LogP) is 6.33. The number of hydrogen-bond donors (Lipinski definition) is 1. The molecule has 1 amide bonds. The van der Waals surface area contributed by atoms with Gasteiger partial charge in [0.15, 0.2) is 0 Å². The van der Waals surface area contributed by atoms with Crippen LogP contribution in [0.15, 0.2) is 60.8 Å². The third-order valence-electron chi connectivity index (χ3n) is 7.44. The van der Waals surface area contributed by atoms with Crippen LogP contribution in [0.5, 0.6) is 5.75 Å². The van der Waals surface area contributed by atoms with Gasteiger partial charge in [0.2, 0.25) is 0 Å². The van der Waals surface area contributed by atoms with Crippen LogP contribution in [-0.4, -0.2) is 58.7 Å². The van der Waals surface area contributed by atoms with Gasteiger partial charge in [-0.25, -0.2) is 0 Å². The molecule has 0 aliphatic heterocycles. The van der Waals surface area contributed by atoms with Crippen LogP contribution in [0.4, 0.5) is 0 Å². The van der Waals surface area contributed by atoms with Gasteiger partial charge in [-0.15, -0.1) is 0 Å². The van der Waals surface area contributed by atoms with Gasteiger partial charge in [0.1, 0.15) is 5.75 Å². The van der Waals surface area contributed by atoms with Crippen LogP contribution in [0.3, 0.4) is 0 Å². The van der Waals surface area contributed by atoms with E-state index >= 15 is 0 Å². The van der Waals surface area contributed by atoms with Crippen molar-refractivity contribution in [1.82, 2.24) is 20.0 Å². The number of carbonyl (C=O) groups excluding carboxylic acids is 1. The third kappa shape index (κ3) is 5.09. The second kappa shape index (κ2) is 10.6. The minimum Gasteiger partial charge on any atom is -0.493 e. The lowest BCUT2D eigenvalue weighted by Gasteiger charge is -2.45. The molecule has 0 saturated heterocycles. The van der Waals surface area contributed by atoms with Crippen LogP contribution in [0.25, 0.3) is 22.0 Å². The Morgan fingerprint density at radius 3 is 2.65 bits per heavy atom. The fourth-order valence-electron chi connectivity index (χ4n) is 5.14. The van der Waals surface area contributed by atoms with Crippen LogP contribution in [-0.2, 0) is 6.54 Å². The van der Waals surface area contributed by atoms with Gasteiger partial charge in [-0.1, -0.05) is 35.9 Å². The van der Waals surface area contributed by atoms with E-state index in [0.717, 1.165) is 40.4 Å². The zero-order valence-electron chi connectivity index (χ0n) is 21.8. The minimum absolute atomic E-state index is 0.00837. The molecule has 1 heterocycles. The number of nitrogens with one attached hydrogen (secondary N) is 1. The lowest BCUT2D eigenvalue weighted by atomic mass is 9.84. The summed E-state index contributed by atoms with van der Waals surface area (Å²) in [5.41, 5.74) is 5.73. The van der Waals surface area contributed by atoms with E-state index in [-0.39, 0.29) is 11.9 Å². The highest BCUT2D eigenvalue weighted by atomic mass is 35.5. The van der Waals surface area contributed by atoms with E-state index in [1.54, 1.807) is 0 Å². The number of amides is 1. The Hall–Kier alpha value is -3.35. The first kappa shape index (κ1) is 25.3. The maximum Gasteiger partial charge on any atom is 0.254 e. The van der Waals surface area contributed by atoms with Gasteiger partial charge < -0.3 is 14.5 Å². The Morgan fingerprint density at radius 1 is 1.11 bits per heavy atom. The number of nitrogens with zero attached hydrogens (tertiary/aromatic N) is 3. The van der Waals surface area contributed by atoms with E-state index in [2.05, 4.69) is 48.2 Å². The van der Waals surface area contributed by atoms with Crippen molar-refractivity contribution in [3.05, 3.63) is 82.5 Å². The van der Waals surface area contributed by atoms with Crippen molar-refractivity contribution in [2.75, 3.05) is 20.7 Å². The maximum atomic E-state index is 14.1. The third-order valence-corrected chi connectivity index (χ3v) is 7.68. The lowest BCUT2D eigenvalue weighted by molar-refractivity contribution is 0.0343. The zero-order valence-corrected chi connectivity index (χ0v) is 22.5. The maximum absolute atomic E-state index is 14.1. The number of H-pyrrole nitrogens is 1. The molecule has 0 atom stereocenters. The molecule has 37 heavy (non-hydrogen) atoms. The molecule has 3 aromatic carbocycles. The van der Waals surface area contributed by atoms with Crippen molar-refractivity contribution in [3.63, 3.8) is 0 Å². The van der Waals surface area contributed by atoms with Crippen LogP contribution in [0.1, 0.15) is 41.3 Å². The van der Waals surface area contributed by atoms with Crippen LogP contribution in [0.2, 0.25) is 5.02 Å². The summed E-state index contributed by atoms with van der Waals surface area (Å²) in [6.07, 6.45) is 3.76. The molecule has 1 aliphatic rings. The van der Waals surface area contributed by atoms with Gasteiger partial charge in [0, 0.05) is 40.2 Å². The number of fused-ring (bicyclic) bond motifs is 1. The summed E-state index contributed by atoms with van der Waals surface area (Å²) in [4.78, 5) is 18.3. The molecule has 192 valence electrons. The van der Waals surface area contributed by atoms with Crippen molar-refractivity contribution in [2.24, 2.45) is 0 Å². The van der Waals surface area contributed by atoms with E-state index in [4.69, 9.17) is 16.3 Å². The molecular weight excluding hydrogens is 484 g/mol. The van der Waals surface area contributed by atoms with E-state index < -0.39 is 0 Å². The number of carbonyl (C=O) groups is 1. The Morgan fingerprint density at radius 2 is 1.92 bits per heavy atom. The molecule has 0 unspecified atom stereocenters. The first-order valence-electron chi connectivity index (χ1n) is 12.8. The summed E-state index contributed by atoms with van der Waals surface area (Å²) < 4.78 is 6.00. The standard InChI is InChI=1S/C30H33ClN4O2/c1-5-37-28-14-21(11-12-26(28)20-7-6-8-23(31)13-20)30(36)35(25-15-24(16-25)34(3)4)18-22-10-9-19(2)27-17-32-33-29(22)27/h6-14,17,24-25H,5,15-16,18H2,1-4H3,(H,32,33). The average molecular weight is 517 g/mol. The number of aromatic nitrogens is 2. The number of benzene rings is 3. The quantitative estimate of drug-likeness (QED) is 0.297. The molecule has 7 heteroatoms. The van der Waals surface area contributed by atoms with Crippen LogP contribution >= 0.6 is 11.6 Å². The SMILES string of the molecule is CCOc1cc(C(=O)N(Cc2ccc(C)c3cn[nH]c23)C2CC(N(C)C)C2)ccc1-c1cccc(Cl)c1. The smallest absolute Gasteiger partial charge is 0.254 e. The number of aromatic amines is 1. The van der Waals surface area contributed by atoms with E-state index in [1.165, 1.54) is 5.56 Å². The normalized spacial score (nSPS) is 17.1. The zero-order chi connectivity index (χ0) is 26.1. The Kier molecular flexibility index (Phi) is 7.22. The second-order valence-electron chi connectivity index (χ2n) is 10.0. The van der Waals surface area contributed by atoms with E-state index in [1.807, 2.05) is 60.5 Å². The summed E-state index contributed by atoms with van der Waals surface area (Å²) in [5.74, 6) is 0.690. The summed E-state index contributed by atoms with van der Waals surface area (Å²) in [6.45, 7) is 5.05. The van der Waals surface area contributed by atoms with Crippen LogP contribution < -0.4 is 4.74 Å². The molecule has 1 aliphatic carbocycles. The summed E-state index contributed by atoms with van der Waals surface area (Å²) in [6, 6.07) is 18.3. The fraction of sp³-hybridized carbons (Fsp3) is 0.333. The van der Waals surface area contributed by atoms with Crippen molar-refractivity contribution >= 4 is 28.4 Å².